The summed E-state index contributed by atoms with van der Waals surface area (Å²) in [5.41, 5.74) is 0.580. The lowest BCUT2D eigenvalue weighted by Gasteiger charge is -2.27. The Morgan fingerprint density at radius 2 is 1.83 bits per heavy atom. The van der Waals surface area contributed by atoms with E-state index < -0.39 is 0 Å². The zero-order valence-corrected chi connectivity index (χ0v) is 18.2. The van der Waals surface area contributed by atoms with E-state index in [1.807, 2.05) is 31.1 Å². The summed E-state index contributed by atoms with van der Waals surface area (Å²) in [7, 11) is 3.81. The number of aromatic nitrogens is 3. The molecule has 2 heterocycles. The number of hydrogen-bond acceptors (Lipinski definition) is 7. The van der Waals surface area contributed by atoms with Crippen LogP contribution >= 0.6 is 0 Å². The van der Waals surface area contributed by atoms with E-state index in [9.17, 15) is 4.79 Å². The van der Waals surface area contributed by atoms with Gasteiger partial charge in [-0.15, -0.1) is 0 Å². The van der Waals surface area contributed by atoms with Crippen molar-refractivity contribution >= 4 is 17.8 Å². The predicted octanol–water partition coefficient (Wildman–Crippen LogP) is 3.04. The van der Waals surface area contributed by atoms with E-state index in [4.69, 9.17) is 4.74 Å². The molecule has 162 valence electrons. The lowest BCUT2D eigenvalue weighted by molar-refractivity contribution is 0.0950. The van der Waals surface area contributed by atoms with E-state index in [1.165, 1.54) is 6.42 Å². The van der Waals surface area contributed by atoms with Gasteiger partial charge in [-0.25, -0.2) is 0 Å². The van der Waals surface area contributed by atoms with Crippen LogP contribution in [0.25, 0.3) is 0 Å². The van der Waals surface area contributed by atoms with Crippen LogP contribution in [-0.4, -0.2) is 54.7 Å². The smallest absolute Gasteiger partial charge is 0.251 e. The molecule has 1 aliphatic heterocycles. The fourth-order valence-electron chi connectivity index (χ4n) is 3.21. The van der Waals surface area contributed by atoms with Crippen molar-refractivity contribution in [1.82, 2.24) is 20.3 Å². The number of carbonyl (C=O) groups is 1. The van der Waals surface area contributed by atoms with E-state index in [-0.39, 0.29) is 12.5 Å². The third-order valence-corrected chi connectivity index (χ3v) is 4.99. The Kier molecular flexibility index (Phi) is 7.82. The fourth-order valence-corrected chi connectivity index (χ4v) is 3.21. The lowest BCUT2D eigenvalue weighted by atomic mass is 10.1. The van der Waals surface area contributed by atoms with Gasteiger partial charge in [0, 0.05) is 32.7 Å². The Labute approximate surface area is 178 Å². The van der Waals surface area contributed by atoms with Crippen LogP contribution < -0.4 is 19.9 Å². The first-order valence-electron chi connectivity index (χ1n) is 10.7. The molecule has 8 nitrogen and oxygen atoms in total. The minimum absolute atomic E-state index is 0.165. The maximum Gasteiger partial charge on any atom is 0.251 e. The second kappa shape index (κ2) is 10.8. The Bertz CT molecular complexity index is 819. The molecule has 1 amide bonds. The highest BCUT2D eigenvalue weighted by molar-refractivity contribution is 5.94. The standard InChI is InChI=1S/C22H32N6O2/c1-4-5-15-30-18-11-9-17(10-12-18)20(29)23-16-19-24-21(27(2)3)26-22(25-19)28-13-7-6-8-14-28/h9-12H,4-8,13-16H2,1-3H3,(H,23,29). The molecular weight excluding hydrogens is 380 g/mol. The lowest BCUT2D eigenvalue weighted by Crippen LogP contribution is -2.32. The molecule has 1 aromatic heterocycles. The molecule has 0 aliphatic carbocycles. The quantitative estimate of drug-likeness (QED) is 0.634. The van der Waals surface area contributed by atoms with Gasteiger partial charge in [-0.2, -0.15) is 15.0 Å². The molecule has 1 aliphatic rings. The van der Waals surface area contributed by atoms with Crippen molar-refractivity contribution in [3.05, 3.63) is 35.7 Å². The maximum atomic E-state index is 12.6. The molecule has 2 aromatic rings. The summed E-state index contributed by atoms with van der Waals surface area (Å²) in [6.07, 6.45) is 5.64. The summed E-state index contributed by atoms with van der Waals surface area (Å²) < 4.78 is 5.65. The van der Waals surface area contributed by atoms with Gasteiger partial charge in [-0.05, 0) is 49.9 Å². The van der Waals surface area contributed by atoms with Crippen molar-refractivity contribution in [1.29, 1.82) is 0 Å². The monoisotopic (exact) mass is 412 g/mol. The summed E-state index contributed by atoms with van der Waals surface area (Å²) in [5, 5.41) is 2.91. The van der Waals surface area contributed by atoms with E-state index >= 15 is 0 Å². The summed E-state index contributed by atoms with van der Waals surface area (Å²) in [6.45, 7) is 4.97. The number of nitrogens with zero attached hydrogens (tertiary/aromatic N) is 5. The van der Waals surface area contributed by atoms with E-state index in [0.29, 0.717) is 29.9 Å². The Balaban J connectivity index is 1.63. The summed E-state index contributed by atoms with van der Waals surface area (Å²) in [6, 6.07) is 7.20. The molecule has 1 N–H and O–H groups in total. The zero-order chi connectivity index (χ0) is 21.3. The van der Waals surface area contributed by atoms with Crippen LogP contribution in [0.5, 0.6) is 5.75 Å². The van der Waals surface area contributed by atoms with Crippen LogP contribution in [-0.2, 0) is 6.54 Å². The minimum atomic E-state index is -0.165. The van der Waals surface area contributed by atoms with Gasteiger partial charge in [0.1, 0.15) is 5.75 Å². The maximum absolute atomic E-state index is 12.6. The molecule has 3 rings (SSSR count). The van der Waals surface area contributed by atoms with Crippen molar-refractivity contribution in [2.45, 2.75) is 45.6 Å². The molecule has 30 heavy (non-hydrogen) atoms. The molecule has 0 bridgehead atoms. The topological polar surface area (TPSA) is 83.5 Å². The first-order valence-corrected chi connectivity index (χ1v) is 10.7. The predicted molar refractivity (Wildman–Crippen MR) is 118 cm³/mol. The number of hydrogen-bond donors (Lipinski definition) is 1. The number of anilines is 2. The number of rotatable bonds is 9. The average Bonchev–Trinajstić information content (AvgIpc) is 2.78. The number of ether oxygens (including phenoxy) is 1. The van der Waals surface area contributed by atoms with E-state index in [0.717, 1.165) is 44.5 Å². The zero-order valence-electron chi connectivity index (χ0n) is 18.2. The highest BCUT2D eigenvalue weighted by Gasteiger charge is 2.17. The number of benzene rings is 1. The van der Waals surface area contributed by atoms with E-state index in [1.54, 1.807) is 12.1 Å². The number of piperidine rings is 1. The molecule has 8 heteroatoms. The molecule has 0 radical (unpaired) electrons. The second-order valence-corrected chi connectivity index (χ2v) is 7.70. The second-order valence-electron chi connectivity index (χ2n) is 7.70. The van der Waals surface area contributed by atoms with Gasteiger partial charge >= 0.3 is 0 Å². The van der Waals surface area contributed by atoms with Gasteiger partial charge in [0.05, 0.1) is 13.2 Å². The fraction of sp³-hybridized carbons (Fsp3) is 0.545. The number of carbonyl (C=O) groups excluding carboxylic acids is 1. The molecule has 0 saturated carbocycles. The van der Waals surface area contributed by atoms with Crippen molar-refractivity contribution in [3.63, 3.8) is 0 Å². The van der Waals surface area contributed by atoms with Crippen LogP contribution in [0.15, 0.2) is 24.3 Å². The van der Waals surface area contributed by atoms with E-state index in [2.05, 4.69) is 32.1 Å². The number of unbranched alkanes of at least 4 members (excludes halogenated alkanes) is 1. The first kappa shape index (κ1) is 21.8. The average molecular weight is 413 g/mol. The van der Waals surface area contributed by atoms with Crippen LogP contribution in [0.4, 0.5) is 11.9 Å². The Morgan fingerprint density at radius 1 is 1.10 bits per heavy atom. The largest absolute Gasteiger partial charge is 0.494 e. The van der Waals surface area contributed by atoms with Gasteiger partial charge in [0.15, 0.2) is 5.82 Å². The third-order valence-electron chi connectivity index (χ3n) is 4.99. The highest BCUT2D eigenvalue weighted by atomic mass is 16.5. The minimum Gasteiger partial charge on any atom is -0.494 e. The van der Waals surface area contributed by atoms with Crippen molar-refractivity contribution in [2.24, 2.45) is 0 Å². The Hall–Kier alpha value is -2.90. The molecule has 0 spiro atoms. The molecule has 0 atom stereocenters. The molecule has 1 aromatic carbocycles. The van der Waals surface area contributed by atoms with Crippen molar-refractivity contribution < 1.29 is 9.53 Å². The summed E-state index contributed by atoms with van der Waals surface area (Å²) >= 11 is 0. The van der Waals surface area contributed by atoms with Crippen LogP contribution in [0, 0.1) is 0 Å². The van der Waals surface area contributed by atoms with Crippen molar-refractivity contribution in [2.75, 3.05) is 43.6 Å². The molecule has 1 saturated heterocycles. The SMILES string of the molecule is CCCCOc1ccc(C(=O)NCc2nc(N(C)C)nc(N3CCCCC3)n2)cc1. The molecular formula is C22H32N6O2. The van der Waals surface area contributed by atoms with Gasteiger partial charge < -0.3 is 19.9 Å². The van der Waals surface area contributed by atoms with Gasteiger partial charge in [0.25, 0.3) is 5.91 Å². The van der Waals surface area contributed by atoms with Crippen LogP contribution in [0.1, 0.15) is 55.2 Å². The normalized spacial score (nSPS) is 13.8. The summed E-state index contributed by atoms with van der Waals surface area (Å²) in [4.78, 5) is 30.3. The van der Waals surface area contributed by atoms with Gasteiger partial charge in [-0.1, -0.05) is 13.3 Å². The third kappa shape index (κ3) is 6.05. The number of nitrogens with one attached hydrogen (secondary N) is 1. The molecule has 0 unspecified atom stereocenters. The Morgan fingerprint density at radius 3 is 2.50 bits per heavy atom. The number of amides is 1. The van der Waals surface area contributed by atoms with Crippen molar-refractivity contribution in [3.8, 4) is 5.75 Å². The van der Waals surface area contributed by atoms with Crippen LogP contribution in [0.2, 0.25) is 0 Å². The highest BCUT2D eigenvalue weighted by Crippen LogP contribution is 2.18. The van der Waals surface area contributed by atoms with Gasteiger partial charge in [0.2, 0.25) is 11.9 Å². The van der Waals surface area contributed by atoms with Crippen LogP contribution in [0.3, 0.4) is 0 Å². The van der Waals surface area contributed by atoms with Gasteiger partial charge in [-0.3, -0.25) is 4.79 Å². The first-order chi connectivity index (χ1) is 14.6. The summed E-state index contributed by atoms with van der Waals surface area (Å²) in [5.74, 6) is 2.46. The molecule has 1 fully saturated rings.